The fraction of sp³-hybridized carbons (Fsp3) is 0.400. The van der Waals surface area contributed by atoms with Crippen LogP contribution in [0.4, 0.5) is 0 Å². The molecule has 0 saturated heterocycles. The summed E-state index contributed by atoms with van der Waals surface area (Å²) >= 11 is 3.40. The van der Waals surface area contributed by atoms with Gasteiger partial charge in [0.1, 0.15) is 5.75 Å². The summed E-state index contributed by atoms with van der Waals surface area (Å²) in [6, 6.07) is 3.47. The van der Waals surface area contributed by atoms with Crippen LogP contribution in [0.15, 0.2) is 16.6 Å². The number of hydrogen-bond donors (Lipinski definition) is 1. The van der Waals surface area contributed by atoms with Crippen LogP contribution in [-0.4, -0.2) is 5.11 Å². The van der Waals surface area contributed by atoms with Crippen LogP contribution in [0.25, 0.3) is 0 Å². The summed E-state index contributed by atoms with van der Waals surface area (Å²) in [7, 11) is 0. The Bertz CT molecular complexity index is 233. The maximum Gasteiger partial charge on any atom is 0.116 e. The first kappa shape index (κ1) is 11.5. The van der Waals surface area contributed by atoms with Crippen LogP contribution in [0.2, 0.25) is 0 Å². The fourth-order valence-electron chi connectivity index (χ4n) is 0.923. The van der Waals surface area contributed by atoms with Gasteiger partial charge in [0.25, 0.3) is 0 Å². The van der Waals surface area contributed by atoms with Crippen molar-refractivity contribution in [3.63, 3.8) is 0 Å². The first-order chi connectivity index (χ1) is 5.61. The molecule has 0 heterocycles. The van der Waals surface area contributed by atoms with Crippen molar-refractivity contribution in [3.05, 3.63) is 27.7 Å². The number of phenols is 1. The number of aryl methyl sites for hydroxylation is 2. The average Bonchev–Trinajstić information content (AvgIpc) is 2.04. The van der Waals surface area contributed by atoms with Crippen LogP contribution >= 0.6 is 15.9 Å². The fourth-order valence-corrected chi connectivity index (χ4v) is 1.15. The highest BCUT2D eigenvalue weighted by Gasteiger charge is 1.99. The van der Waals surface area contributed by atoms with Gasteiger partial charge < -0.3 is 5.11 Å². The number of phenolic OH excluding ortho intramolecular Hbond substituents is 1. The third kappa shape index (κ3) is 2.86. The lowest BCUT2D eigenvalue weighted by Gasteiger charge is -2.02. The quantitative estimate of drug-likeness (QED) is 0.720. The van der Waals surface area contributed by atoms with E-state index in [9.17, 15) is 0 Å². The van der Waals surface area contributed by atoms with Crippen molar-refractivity contribution >= 4 is 15.9 Å². The maximum atomic E-state index is 9.10. The van der Waals surface area contributed by atoms with Crippen molar-refractivity contribution in [1.29, 1.82) is 0 Å². The molecule has 1 aromatic carbocycles. The second-order valence-corrected chi connectivity index (χ2v) is 3.19. The van der Waals surface area contributed by atoms with E-state index in [0.717, 1.165) is 15.6 Å². The van der Waals surface area contributed by atoms with E-state index in [2.05, 4.69) is 15.9 Å². The summed E-state index contributed by atoms with van der Waals surface area (Å²) in [6.07, 6.45) is 0. The molecule has 1 N–H and O–H groups in total. The molecule has 0 aliphatic heterocycles. The standard InChI is InChI=1S/C8H9BrO.C2H6/c1-5-3-7(10)4-6(2)8(5)9;1-2/h3-4,10H,1-2H3;1-2H3. The van der Waals surface area contributed by atoms with E-state index < -0.39 is 0 Å². The molecule has 68 valence electrons. The lowest BCUT2D eigenvalue weighted by molar-refractivity contribution is 0.474. The number of halogens is 1. The molecule has 0 saturated carbocycles. The smallest absolute Gasteiger partial charge is 0.116 e. The van der Waals surface area contributed by atoms with Gasteiger partial charge in [0.05, 0.1) is 0 Å². The minimum atomic E-state index is 0.332. The monoisotopic (exact) mass is 230 g/mol. The molecule has 1 nitrogen and oxygen atoms in total. The zero-order valence-electron chi connectivity index (χ0n) is 7.98. The van der Waals surface area contributed by atoms with Gasteiger partial charge >= 0.3 is 0 Å². The van der Waals surface area contributed by atoms with Gasteiger partial charge in [0.2, 0.25) is 0 Å². The molecule has 0 aliphatic rings. The molecule has 0 fully saturated rings. The molecule has 0 atom stereocenters. The minimum absolute atomic E-state index is 0.332. The Morgan fingerprint density at radius 1 is 1.08 bits per heavy atom. The Hall–Kier alpha value is -0.500. The molecule has 1 aromatic rings. The van der Waals surface area contributed by atoms with Crippen LogP contribution in [0.1, 0.15) is 25.0 Å². The number of rotatable bonds is 0. The molecule has 12 heavy (non-hydrogen) atoms. The van der Waals surface area contributed by atoms with Gasteiger partial charge in [-0.1, -0.05) is 29.8 Å². The normalized spacial score (nSPS) is 8.75. The van der Waals surface area contributed by atoms with E-state index in [1.54, 1.807) is 12.1 Å². The summed E-state index contributed by atoms with van der Waals surface area (Å²) in [5.74, 6) is 0.332. The molecule has 1 rings (SSSR count). The lowest BCUT2D eigenvalue weighted by atomic mass is 10.1. The van der Waals surface area contributed by atoms with Crippen molar-refractivity contribution in [2.75, 3.05) is 0 Å². The summed E-state index contributed by atoms with van der Waals surface area (Å²) in [5, 5.41) is 9.10. The summed E-state index contributed by atoms with van der Waals surface area (Å²) in [4.78, 5) is 0. The first-order valence-electron chi connectivity index (χ1n) is 4.07. The van der Waals surface area contributed by atoms with Crippen LogP contribution in [0.5, 0.6) is 5.75 Å². The summed E-state index contributed by atoms with van der Waals surface area (Å²) in [5.41, 5.74) is 2.13. The van der Waals surface area contributed by atoms with Crippen LogP contribution < -0.4 is 0 Å². The lowest BCUT2D eigenvalue weighted by Crippen LogP contribution is -1.79. The van der Waals surface area contributed by atoms with E-state index in [1.165, 1.54) is 0 Å². The molecule has 0 bridgehead atoms. The molecular formula is C10H15BrO. The number of hydrogen-bond acceptors (Lipinski definition) is 1. The molecule has 0 aliphatic carbocycles. The molecule has 0 aromatic heterocycles. The first-order valence-corrected chi connectivity index (χ1v) is 4.86. The second-order valence-electron chi connectivity index (χ2n) is 2.39. The Kier molecular flexibility index (Phi) is 4.98. The van der Waals surface area contributed by atoms with E-state index in [-0.39, 0.29) is 0 Å². The Labute approximate surface area is 82.6 Å². The average molecular weight is 231 g/mol. The second kappa shape index (κ2) is 5.20. The molecule has 2 heteroatoms. The van der Waals surface area contributed by atoms with Crippen molar-refractivity contribution in [2.45, 2.75) is 27.7 Å². The van der Waals surface area contributed by atoms with Crippen molar-refractivity contribution in [2.24, 2.45) is 0 Å². The zero-order valence-corrected chi connectivity index (χ0v) is 9.57. The third-order valence-electron chi connectivity index (χ3n) is 1.42. The molecule has 0 radical (unpaired) electrons. The minimum Gasteiger partial charge on any atom is -0.508 e. The highest BCUT2D eigenvalue weighted by atomic mass is 79.9. The SMILES string of the molecule is CC.Cc1cc(O)cc(C)c1Br. The summed E-state index contributed by atoms with van der Waals surface area (Å²) < 4.78 is 1.07. The van der Waals surface area contributed by atoms with Gasteiger partial charge in [-0.05, 0) is 37.1 Å². The Morgan fingerprint density at radius 3 is 1.75 bits per heavy atom. The topological polar surface area (TPSA) is 20.2 Å². The number of aromatic hydroxyl groups is 1. The van der Waals surface area contributed by atoms with Crippen molar-refractivity contribution in [3.8, 4) is 5.75 Å². The van der Waals surface area contributed by atoms with E-state index in [0.29, 0.717) is 5.75 Å². The van der Waals surface area contributed by atoms with Crippen LogP contribution in [0, 0.1) is 13.8 Å². The van der Waals surface area contributed by atoms with E-state index >= 15 is 0 Å². The van der Waals surface area contributed by atoms with Gasteiger partial charge in [0, 0.05) is 4.47 Å². The van der Waals surface area contributed by atoms with Gasteiger partial charge in [-0.2, -0.15) is 0 Å². The van der Waals surface area contributed by atoms with Gasteiger partial charge in [-0.15, -0.1) is 0 Å². The Balaban J connectivity index is 0.000000561. The van der Waals surface area contributed by atoms with Crippen LogP contribution in [0.3, 0.4) is 0 Å². The predicted molar refractivity (Wildman–Crippen MR) is 56.6 cm³/mol. The van der Waals surface area contributed by atoms with E-state index in [1.807, 2.05) is 27.7 Å². The van der Waals surface area contributed by atoms with Crippen molar-refractivity contribution < 1.29 is 5.11 Å². The van der Waals surface area contributed by atoms with Gasteiger partial charge in [-0.3, -0.25) is 0 Å². The molecular weight excluding hydrogens is 216 g/mol. The molecule has 0 amide bonds. The van der Waals surface area contributed by atoms with Crippen molar-refractivity contribution in [1.82, 2.24) is 0 Å². The van der Waals surface area contributed by atoms with E-state index in [4.69, 9.17) is 5.11 Å². The Morgan fingerprint density at radius 2 is 1.42 bits per heavy atom. The summed E-state index contributed by atoms with van der Waals surface area (Å²) in [6.45, 7) is 7.91. The predicted octanol–water partition coefficient (Wildman–Crippen LogP) is 3.80. The van der Waals surface area contributed by atoms with Gasteiger partial charge in [0.15, 0.2) is 0 Å². The maximum absolute atomic E-state index is 9.10. The van der Waals surface area contributed by atoms with Crippen LogP contribution in [-0.2, 0) is 0 Å². The highest BCUT2D eigenvalue weighted by Crippen LogP contribution is 2.24. The molecule has 0 spiro atoms. The molecule has 0 unspecified atom stereocenters. The zero-order chi connectivity index (χ0) is 9.72. The largest absolute Gasteiger partial charge is 0.508 e. The number of benzene rings is 1. The van der Waals surface area contributed by atoms with Gasteiger partial charge in [-0.25, -0.2) is 0 Å². The highest BCUT2D eigenvalue weighted by molar-refractivity contribution is 9.10. The third-order valence-corrected chi connectivity index (χ3v) is 2.67.